The van der Waals surface area contributed by atoms with E-state index in [1.54, 1.807) is 0 Å². The molecule has 0 aromatic heterocycles. The lowest BCUT2D eigenvalue weighted by molar-refractivity contribution is 0.601. The molecular formula is C13H19BrN2O2S. The zero-order valence-corrected chi connectivity index (χ0v) is 13.5. The van der Waals surface area contributed by atoms with E-state index in [0.29, 0.717) is 6.42 Å². The second-order valence-electron chi connectivity index (χ2n) is 5.17. The van der Waals surface area contributed by atoms with Gasteiger partial charge in [0.2, 0.25) is 0 Å². The first-order valence-electron chi connectivity index (χ1n) is 6.28. The fourth-order valence-corrected chi connectivity index (χ4v) is 4.82. The number of sulfone groups is 1. The first-order chi connectivity index (χ1) is 8.80. The molecule has 1 heterocycles. The molecule has 2 rings (SSSR count). The third-order valence-corrected chi connectivity index (χ3v) is 6.02. The monoisotopic (exact) mass is 346 g/mol. The number of rotatable bonds is 3. The predicted molar refractivity (Wildman–Crippen MR) is 82.2 cm³/mol. The maximum atomic E-state index is 11.6. The molecular weight excluding hydrogens is 328 g/mol. The van der Waals surface area contributed by atoms with Gasteiger partial charge in [0.05, 0.1) is 17.2 Å². The van der Waals surface area contributed by atoms with Gasteiger partial charge in [-0.15, -0.1) is 0 Å². The van der Waals surface area contributed by atoms with Crippen molar-refractivity contribution in [2.45, 2.75) is 25.4 Å². The summed E-state index contributed by atoms with van der Waals surface area (Å²) in [6.07, 6.45) is 0.695. The molecule has 1 saturated heterocycles. The van der Waals surface area contributed by atoms with Gasteiger partial charge in [-0.1, -0.05) is 6.07 Å². The van der Waals surface area contributed by atoms with Crippen LogP contribution in [0.4, 0.5) is 5.69 Å². The molecule has 1 aromatic carbocycles. The van der Waals surface area contributed by atoms with Crippen molar-refractivity contribution in [1.29, 1.82) is 0 Å². The van der Waals surface area contributed by atoms with E-state index >= 15 is 0 Å². The van der Waals surface area contributed by atoms with Crippen LogP contribution < -0.4 is 10.6 Å². The van der Waals surface area contributed by atoms with Crippen LogP contribution in [0.1, 0.15) is 24.9 Å². The van der Waals surface area contributed by atoms with Crippen molar-refractivity contribution in [1.82, 2.24) is 0 Å². The highest BCUT2D eigenvalue weighted by Gasteiger charge is 2.31. The van der Waals surface area contributed by atoms with E-state index in [1.165, 1.54) is 0 Å². The minimum atomic E-state index is -2.86. The second kappa shape index (κ2) is 5.42. The van der Waals surface area contributed by atoms with Gasteiger partial charge >= 0.3 is 0 Å². The number of nitrogens with zero attached hydrogens (tertiary/aromatic N) is 1. The maximum absolute atomic E-state index is 11.6. The molecule has 4 nitrogen and oxygen atoms in total. The van der Waals surface area contributed by atoms with Gasteiger partial charge in [-0.05, 0) is 47.0 Å². The molecule has 1 aliphatic heterocycles. The minimum absolute atomic E-state index is 0.0116. The smallest absolute Gasteiger partial charge is 0.152 e. The first-order valence-corrected chi connectivity index (χ1v) is 8.90. The van der Waals surface area contributed by atoms with Crippen molar-refractivity contribution in [2.24, 2.45) is 5.73 Å². The van der Waals surface area contributed by atoms with E-state index in [9.17, 15) is 8.42 Å². The van der Waals surface area contributed by atoms with Gasteiger partial charge in [0.15, 0.2) is 9.84 Å². The van der Waals surface area contributed by atoms with E-state index < -0.39 is 9.84 Å². The zero-order chi connectivity index (χ0) is 14.2. The summed E-state index contributed by atoms with van der Waals surface area (Å²) in [7, 11) is -0.918. The molecule has 106 valence electrons. The zero-order valence-electron chi connectivity index (χ0n) is 11.1. The number of nitrogens with two attached hydrogens (primary N) is 1. The Bertz CT molecular complexity index is 572. The van der Waals surface area contributed by atoms with Crippen LogP contribution in [0.25, 0.3) is 0 Å². The summed E-state index contributed by atoms with van der Waals surface area (Å²) in [6.45, 7) is 1.94. The highest BCUT2D eigenvalue weighted by Crippen LogP contribution is 2.31. The molecule has 0 saturated carbocycles. The highest BCUT2D eigenvalue weighted by atomic mass is 79.9. The van der Waals surface area contributed by atoms with Gasteiger partial charge in [-0.25, -0.2) is 8.42 Å². The number of benzene rings is 1. The summed E-state index contributed by atoms with van der Waals surface area (Å²) >= 11 is 3.54. The minimum Gasteiger partial charge on any atom is -0.370 e. The Morgan fingerprint density at radius 2 is 2.16 bits per heavy atom. The molecule has 19 heavy (non-hydrogen) atoms. The third-order valence-electron chi connectivity index (χ3n) is 3.63. The first kappa shape index (κ1) is 14.8. The quantitative estimate of drug-likeness (QED) is 0.910. The third kappa shape index (κ3) is 3.30. The van der Waals surface area contributed by atoms with Crippen molar-refractivity contribution >= 4 is 31.5 Å². The van der Waals surface area contributed by atoms with Crippen LogP contribution in [-0.4, -0.2) is 33.0 Å². The molecule has 0 spiro atoms. The van der Waals surface area contributed by atoms with E-state index in [4.69, 9.17) is 5.73 Å². The standard InChI is InChI=1S/C13H19BrN2O2S/c1-9(15)10-3-4-13(12(14)7-10)16(2)11-5-6-19(17,18)8-11/h3-4,7,9,11H,5-6,8,15H2,1-2H3/t9-,11?/m1/s1. The van der Waals surface area contributed by atoms with Crippen LogP contribution in [0.3, 0.4) is 0 Å². The molecule has 1 aliphatic rings. The van der Waals surface area contributed by atoms with E-state index in [2.05, 4.69) is 15.9 Å². The lowest BCUT2D eigenvalue weighted by Crippen LogP contribution is -2.32. The summed E-state index contributed by atoms with van der Waals surface area (Å²) in [6, 6.07) is 6.03. The van der Waals surface area contributed by atoms with Gasteiger partial charge in [-0.3, -0.25) is 0 Å². The van der Waals surface area contributed by atoms with Crippen molar-refractivity contribution in [3.63, 3.8) is 0 Å². The van der Waals surface area contributed by atoms with Gasteiger partial charge in [0, 0.05) is 23.6 Å². The number of anilines is 1. The Morgan fingerprint density at radius 3 is 2.63 bits per heavy atom. The van der Waals surface area contributed by atoms with E-state index in [-0.39, 0.29) is 23.6 Å². The fourth-order valence-electron chi connectivity index (χ4n) is 2.37. The van der Waals surface area contributed by atoms with E-state index in [0.717, 1.165) is 15.7 Å². The second-order valence-corrected chi connectivity index (χ2v) is 8.25. The van der Waals surface area contributed by atoms with Crippen molar-refractivity contribution in [3.05, 3.63) is 28.2 Å². The highest BCUT2D eigenvalue weighted by molar-refractivity contribution is 9.10. The van der Waals surface area contributed by atoms with Crippen LogP contribution in [0.5, 0.6) is 0 Å². The van der Waals surface area contributed by atoms with Gasteiger partial charge in [0.25, 0.3) is 0 Å². The Morgan fingerprint density at radius 1 is 1.47 bits per heavy atom. The summed E-state index contributed by atoms with van der Waals surface area (Å²) in [5.41, 5.74) is 7.92. The Balaban J connectivity index is 2.23. The normalized spacial score (nSPS) is 23.3. The maximum Gasteiger partial charge on any atom is 0.152 e. The molecule has 0 bridgehead atoms. The molecule has 2 N–H and O–H groups in total. The molecule has 0 radical (unpaired) electrons. The van der Waals surface area contributed by atoms with E-state index in [1.807, 2.05) is 37.1 Å². The Hall–Kier alpha value is -0.590. The molecule has 0 amide bonds. The average Bonchev–Trinajstić information content (AvgIpc) is 2.68. The fraction of sp³-hybridized carbons (Fsp3) is 0.538. The predicted octanol–water partition coefficient (Wildman–Crippen LogP) is 2.09. The molecule has 1 aromatic rings. The Kier molecular flexibility index (Phi) is 4.23. The summed E-state index contributed by atoms with van der Waals surface area (Å²) in [4.78, 5) is 2.04. The lowest BCUT2D eigenvalue weighted by Gasteiger charge is -2.27. The van der Waals surface area contributed by atoms with Crippen LogP contribution in [0, 0.1) is 0 Å². The van der Waals surface area contributed by atoms with Gasteiger partial charge in [0.1, 0.15) is 0 Å². The van der Waals surface area contributed by atoms with Gasteiger partial charge in [-0.2, -0.15) is 0 Å². The lowest BCUT2D eigenvalue weighted by atomic mass is 10.1. The molecule has 1 fully saturated rings. The topological polar surface area (TPSA) is 63.4 Å². The van der Waals surface area contributed by atoms with Crippen LogP contribution in [0.2, 0.25) is 0 Å². The Labute approximate surface area is 123 Å². The summed E-state index contributed by atoms with van der Waals surface area (Å²) < 4.78 is 24.1. The van der Waals surface area contributed by atoms with Crippen LogP contribution in [0.15, 0.2) is 22.7 Å². The van der Waals surface area contributed by atoms with Gasteiger partial charge < -0.3 is 10.6 Å². The molecule has 0 aliphatic carbocycles. The van der Waals surface area contributed by atoms with Crippen molar-refractivity contribution in [2.75, 3.05) is 23.5 Å². The summed E-state index contributed by atoms with van der Waals surface area (Å²) in [5.74, 6) is 0.530. The average molecular weight is 347 g/mol. The van der Waals surface area contributed by atoms with Crippen molar-refractivity contribution in [3.8, 4) is 0 Å². The van der Waals surface area contributed by atoms with Crippen molar-refractivity contribution < 1.29 is 8.42 Å². The largest absolute Gasteiger partial charge is 0.370 e. The SMILES string of the molecule is C[C@@H](N)c1ccc(N(C)C2CCS(=O)(=O)C2)c(Br)c1. The van der Waals surface area contributed by atoms with Crippen LogP contribution in [-0.2, 0) is 9.84 Å². The summed E-state index contributed by atoms with van der Waals surface area (Å²) in [5, 5.41) is 0. The van der Waals surface area contributed by atoms with Crippen LogP contribution >= 0.6 is 15.9 Å². The number of halogens is 1. The molecule has 1 unspecified atom stereocenters. The number of hydrogen-bond acceptors (Lipinski definition) is 4. The number of hydrogen-bond donors (Lipinski definition) is 1. The molecule has 2 atom stereocenters. The molecule has 6 heteroatoms.